The number of hydrogen-bond donors (Lipinski definition) is 3. The molecule has 3 aromatic heterocycles. The second kappa shape index (κ2) is 13.2. The summed E-state index contributed by atoms with van der Waals surface area (Å²) >= 11 is 4.29. The van der Waals surface area contributed by atoms with Crippen LogP contribution in [0.15, 0.2) is 144 Å². The van der Waals surface area contributed by atoms with Crippen molar-refractivity contribution < 1.29 is 10.2 Å². The summed E-state index contributed by atoms with van der Waals surface area (Å²) in [7, 11) is 0. The Hall–Kier alpha value is -5.27. The topological polar surface area (TPSA) is 91.5 Å². The summed E-state index contributed by atoms with van der Waals surface area (Å²) in [5, 5.41) is 22.1. The zero-order valence-corrected chi connectivity index (χ0v) is 22.8. The molecule has 0 saturated heterocycles. The standard InChI is InChI=1S/C13H11NOS.C12H8N2.C9H7NO/c15-12-7-3-1-5-10(12)9-14-11-6-2-4-8-13(11)16;1-3-9-5-6-10-4-2-8-14-12(10)11(9)13-7-1;11-8-5-1-3-7-4-2-6-10-9(7)8/h1-9,15-16H;1-8H;1-6,11H. The molecule has 0 aliphatic heterocycles. The molecule has 200 valence electrons. The smallest absolute Gasteiger partial charge is 0.141 e. The number of fused-ring (bicyclic) bond motifs is 4. The molecule has 3 heterocycles. The highest BCUT2D eigenvalue weighted by molar-refractivity contribution is 7.80. The van der Waals surface area contributed by atoms with Gasteiger partial charge in [0.15, 0.2) is 0 Å². The molecule has 4 aromatic carbocycles. The van der Waals surface area contributed by atoms with Crippen molar-refractivity contribution >= 4 is 57.2 Å². The molecule has 6 nitrogen and oxygen atoms in total. The Balaban J connectivity index is 0.000000125. The van der Waals surface area contributed by atoms with Gasteiger partial charge in [-0.1, -0.05) is 66.7 Å². The van der Waals surface area contributed by atoms with E-state index < -0.39 is 0 Å². The van der Waals surface area contributed by atoms with Crippen molar-refractivity contribution in [2.45, 2.75) is 4.90 Å². The number of rotatable bonds is 2. The number of benzene rings is 4. The van der Waals surface area contributed by atoms with E-state index in [1.165, 1.54) is 0 Å². The van der Waals surface area contributed by atoms with E-state index in [4.69, 9.17) is 0 Å². The van der Waals surface area contributed by atoms with Gasteiger partial charge in [-0.05, 0) is 48.5 Å². The zero-order chi connectivity index (χ0) is 28.4. The van der Waals surface area contributed by atoms with Crippen LogP contribution in [0.5, 0.6) is 11.5 Å². The number of hydrogen-bond acceptors (Lipinski definition) is 7. The highest BCUT2D eigenvalue weighted by Crippen LogP contribution is 2.23. The molecule has 0 unspecified atom stereocenters. The molecule has 7 aromatic rings. The lowest BCUT2D eigenvalue weighted by Crippen LogP contribution is -1.83. The van der Waals surface area contributed by atoms with Crippen LogP contribution in [0.3, 0.4) is 0 Å². The number of phenolic OH excluding ortho intramolecular Hbond substituents is 2. The molecular weight excluding hydrogens is 528 g/mol. The quantitative estimate of drug-likeness (QED) is 0.114. The highest BCUT2D eigenvalue weighted by atomic mass is 32.1. The first-order valence-electron chi connectivity index (χ1n) is 12.8. The molecule has 7 heteroatoms. The second-order valence-corrected chi connectivity index (χ2v) is 9.36. The average Bonchev–Trinajstić information content (AvgIpc) is 3.02. The lowest BCUT2D eigenvalue weighted by atomic mass is 10.1. The Morgan fingerprint density at radius 1 is 0.512 bits per heavy atom. The minimum atomic E-state index is 0.225. The maximum absolute atomic E-state index is 9.55. The van der Waals surface area contributed by atoms with Crippen LogP contribution in [-0.4, -0.2) is 31.4 Å². The van der Waals surface area contributed by atoms with E-state index in [0.29, 0.717) is 11.1 Å². The predicted octanol–water partition coefficient (Wildman–Crippen LogP) is 8.15. The monoisotopic (exact) mass is 554 g/mol. The van der Waals surface area contributed by atoms with E-state index in [9.17, 15) is 10.2 Å². The fraction of sp³-hybridized carbons (Fsp3) is 0. The van der Waals surface area contributed by atoms with Gasteiger partial charge < -0.3 is 10.2 Å². The summed E-state index contributed by atoms with van der Waals surface area (Å²) in [6.45, 7) is 0. The Morgan fingerprint density at radius 2 is 1.02 bits per heavy atom. The van der Waals surface area contributed by atoms with Gasteiger partial charge in [-0.3, -0.25) is 19.9 Å². The van der Waals surface area contributed by atoms with Gasteiger partial charge in [-0.15, -0.1) is 12.6 Å². The zero-order valence-electron chi connectivity index (χ0n) is 21.9. The van der Waals surface area contributed by atoms with Gasteiger partial charge in [0.25, 0.3) is 0 Å². The van der Waals surface area contributed by atoms with Crippen molar-refractivity contribution in [1.82, 2.24) is 15.0 Å². The van der Waals surface area contributed by atoms with Gasteiger partial charge in [0.05, 0.1) is 16.7 Å². The van der Waals surface area contributed by atoms with Gasteiger partial charge in [-0.25, -0.2) is 0 Å². The summed E-state index contributed by atoms with van der Waals surface area (Å²) < 4.78 is 0. The number of nitrogens with zero attached hydrogens (tertiary/aromatic N) is 4. The molecule has 2 N–H and O–H groups in total. The maximum Gasteiger partial charge on any atom is 0.141 e. The second-order valence-electron chi connectivity index (χ2n) is 8.87. The number of aromatic nitrogens is 3. The molecule has 7 rings (SSSR count). The van der Waals surface area contributed by atoms with Crippen LogP contribution >= 0.6 is 12.6 Å². The van der Waals surface area contributed by atoms with E-state index in [1.807, 2.05) is 60.7 Å². The Morgan fingerprint density at radius 3 is 1.63 bits per heavy atom. The first-order chi connectivity index (χ1) is 20.1. The van der Waals surface area contributed by atoms with Crippen molar-refractivity contribution in [3.63, 3.8) is 0 Å². The number of pyridine rings is 3. The third-order valence-electron chi connectivity index (χ3n) is 6.12. The summed E-state index contributed by atoms with van der Waals surface area (Å²) in [6.07, 6.45) is 6.90. The lowest BCUT2D eigenvalue weighted by molar-refractivity contribution is 0.474. The van der Waals surface area contributed by atoms with E-state index in [1.54, 1.807) is 55.1 Å². The van der Waals surface area contributed by atoms with E-state index in [2.05, 4.69) is 56.8 Å². The fourth-order valence-corrected chi connectivity index (χ4v) is 4.30. The molecule has 0 radical (unpaired) electrons. The first kappa shape index (κ1) is 27.3. The molecular formula is C34H26N4O2S. The number of thiol groups is 1. The fourth-order valence-electron chi connectivity index (χ4n) is 4.08. The van der Waals surface area contributed by atoms with E-state index >= 15 is 0 Å². The maximum atomic E-state index is 9.55. The first-order valence-corrected chi connectivity index (χ1v) is 13.3. The highest BCUT2D eigenvalue weighted by Gasteiger charge is 2.00. The van der Waals surface area contributed by atoms with Crippen molar-refractivity contribution in [2.75, 3.05) is 0 Å². The number of para-hydroxylation sites is 3. The van der Waals surface area contributed by atoms with Crippen LogP contribution in [-0.2, 0) is 0 Å². The molecule has 0 spiro atoms. The lowest BCUT2D eigenvalue weighted by Gasteiger charge is -2.00. The van der Waals surface area contributed by atoms with E-state index in [-0.39, 0.29) is 11.5 Å². The van der Waals surface area contributed by atoms with Crippen LogP contribution in [0, 0.1) is 0 Å². The van der Waals surface area contributed by atoms with Gasteiger partial charge in [0.2, 0.25) is 0 Å². The Bertz CT molecular complexity index is 1850. The Kier molecular flexibility index (Phi) is 8.78. The number of aliphatic imine (C=N–C) groups is 1. The van der Waals surface area contributed by atoms with Crippen molar-refractivity contribution in [3.8, 4) is 11.5 Å². The largest absolute Gasteiger partial charge is 0.507 e. The van der Waals surface area contributed by atoms with Crippen LogP contribution in [0.4, 0.5) is 5.69 Å². The number of phenols is 2. The third-order valence-corrected chi connectivity index (χ3v) is 6.50. The van der Waals surface area contributed by atoms with Crippen LogP contribution in [0.1, 0.15) is 5.56 Å². The van der Waals surface area contributed by atoms with Crippen molar-refractivity contribution in [2.24, 2.45) is 4.99 Å². The van der Waals surface area contributed by atoms with Crippen LogP contribution in [0.2, 0.25) is 0 Å². The summed E-state index contributed by atoms with van der Waals surface area (Å²) in [6, 6.07) is 35.9. The van der Waals surface area contributed by atoms with Gasteiger partial charge in [0.1, 0.15) is 17.0 Å². The number of aromatic hydroxyl groups is 2. The van der Waals surface area contributed by atoms with Crippen molar-refractivity contribution in [1.29, 1.82) is 0 Å². The minimum Gasteiger partial charge on any atom is -0.507 e. The molecule has 0 saturated carbocycles. The van der Waals surface area contributed by atoms with Crippen LogP contribution < -0.4 is 0 Å². The SMILES string of the molecule is Oc1cccc2cccnc12.Oc1ccccc1C=Nc1ccccc1S.c1cnc2c(c1)ccc1cccnc12. The van der Waals surface area contributed by atoms with Crippen molar-refractivity contribution in [3.05, 3.63) is 139 Å². The summed E-state index contributed by atoms with van der Waals surface area (Å²) in [4.78, 5) is 17.8. The molecule has 0 aliphatic rings. The average molecular weight is 555 g/mol. The molecule has 0 bridgehead atoms. The van der Waals surface area contributed by atoms with E-state index in [0.717, 1.165) is 37.8 Å². The molecule has 0 atom stereocenters. The molecule has 0 amide bonds. The Labute approximate surface area is 242 Å². The molecule has 0 aliphatic carbocycles. The summed E-state index contributed by atoms with van der Waals surface area (Å²) in [5.74, 6) is 0.464. The minimum absolute atomic E-state index is 0.225. The van der Waals surface area contributed by atoms with Gasteiger partial charge in [-0.2, -0.15) is 0 Å². The summed E-state index contributed by atoms with van der Waals surface area (Å²) in [5.41, 5.74) is 4.10. The molecule has 41 heavy (non-hydrogen) atoms. The third kappa shape index (κ3) is 6.84. The molecule has 0 fully saturated rings. The van der Waals surface area contributed by atoms with Gasteiger partial charge in [0, 0.05) is 51.4 Å². The predicted molar refractivity (Wildman–Crippen MR) is 170 cm³/mol. The van der Waals surface area contributed by atoms with Gasteiger partial charge >= 0.3 is 0 Å². The normalized spacial score (nSPS) is 10.7. The van der Waals surface area contributed by atoms with Crippen LogP contribution in [0.25, 0.3) is 32.7 Å².